The first kappa shape index (κ1) is 23.0. The van der Waals surface area contributed by atoms with Crippen LogP contribution < -0.4 is 10.1 Å². The van der Waals surface area contributed by atoms with Crippen molar-refractivity contribution in [2.75, 3.05) is 33.3 Å². The van der Waals surface area contributed by atoms with Crippen molar-refractivity contribution in [1.82, 2.24) is 10.2 Å². The quantitative estimate of drug-likeness (QED) is 0.359. The van der Waals surface area contributed by atoms with E-state index in [-0.39, 0.29) is 24.0 Å². The predicted molar refractivity (Wildman–Crippen MR) is 118 cm³/mol. The van der Waals surface area contributed by atoms with Crippen LogP contribution in [0.2, 0.25) is 0 Å². The number of aliphatic hydroxyl groups excluding tert-OH is 1. The van der Waals surface area contributed by atoms with E-state index in [2.05, 4.69) is 36.0 Å². The van der Waals surface area contributed by atoms with Crippen molar-refractivity contribution < 1.29 is 9.84 Å². The average Bonchev–Trinajstić information content (AvgIpc) is 3.05. The summed E-state index contributed by atoms with van der Waals surface area (Å²) in [5.74, 6) is 3.14. The molecule has 0 aromatic heterocycles. The molecule has 2 unspecified atom stereocenters. The standard InChI is InChI=1S/C20H33N3O2.HI/c1-5-21-20(23-10-9-16(14-23)11-15(2)3)22-13-19(24)17-7-6-8-18(12-17)25-4;/h6-8,12,15-16,19,24H,5,9-11,13-14H2,1-4H3,(H,21,22);1H. The Morgan fingerprint density at radius 3 is 2.85 bits per heavy atom. The molecule has 1 aliphatic rings. The van der Waals surface area contributed by atoms with E-state index in [0.717, 1.165) is 48.7 Å². The molecule has 148 valence electrons. The number of rotatable bonds is 7. The lowest BCUT2D eigenvalue weighted by molar-refractivity contribution is 0.186. The van der Waals surface area contributed by atoms with Gasteiger partial charge in [0.2, 0.25) is 0 Å². The van der Waals surface area contributed by atoms with Gasteiger partial charge in [0.25, 0.3) is 0 Å². The summed E-state index contributed by atoms with van der Waals surface area (Å²) < 4.78 is 5.23. The van der Waals surface area contributed by atoms with E-state index in [1.54, 1.807) is 7.11 Å². The molecular formula is C20H34IN3O2. The number of guanidine groups is 1. The van der Waals surface area contributed by atoms with Gasteiger partial charge in [0.05, 0.1) is 19.8 Å². The van der Waals surface area contributed by atoms with Gasteiger partial charge in [-0.2, -0.15) is 0 Å². The van der Waals surface area contributed by atoms with Crippen LogP contribution in [0.5, 0.6) is 5.75 Å². The summed E-state index contributed by atoms with van der Waals surface area (Å²) in [7, 11) is 1.63. The van der Waals surface area contributed by atoms with Gasteiger partial charge >= 0.3 is 0 Å². The molecule has 5 nitrogen and oxygen atoms in total. The number of aliphatic imine (C=N–C) groups is 1. The zero-order valence-corrected chi connectivity index (χ0v) is 18.8. The molecule has 1 aliphatic heterocycles. The van der Waals surface area contributed by atoms with Crippen molar-refractivity contribution in [2.24, 2.45) is 16.8 Å². The van der Waals surface area contributed by atoms with Crippen LogP contribution in [0.4, 0.5) is 0 Å². The summed E-state index contributed by atoms with van der Waals surface area (Å²) in [6.07, 6.45) is 1.86. The highest BCUT2D eigenvalue weighted by Gasteiger charge is 2.25. The number of hydrogen-bond acceptors (Lipinski definition) is 3. The second-order valence-corrected chi connectivity index (χ2v) is 7.22. The smallest absolute Gasteiger partial charge is 0.194 e. The third-order valence-electron chi connectivity index (χ3n) is 4.62. The highest BCUT2D eigenvalue weighted by Crippen LogP contribution is 2.24. The van der Waals surface area contributed by atoms with Crippen molar-refractivity contribution in [2.45, 2.75) is 39.7 Å². The molecule has 0 bridgehead atoms. The van der Waals surface area contributed by atoms with E-state index in [4.69, 9.17) is 4.74 Å². The Morgan fingerprint density at radius 1 is 1.42 bits per heavy atom. The lowest BCUT2D eigenvalue weighted by Crippen LogP contribution is -2.40. The summed E-state index contributed by atoms with van der Waals surface area (Å²) in [4.78, 5) is 7.01. The van der Waals surface area contributed by atoms with Crippen molar-refractivity contribution in [3.8, 4) is 5.75 Å². The fraction of sp³-hybridized carbons (Fsp3) is 0.650. The molecule has 1 saturated heterocycles. The third kappa shape index (κ3) is 6.95. The minimum absolute atomic E-state index is 0. The maximum absolute atomic E-state index is 10.5. The zero-order chi connectivity index (χ0) is 18.2. The number of likely N-dealkylation sites (tertiary alicyclic amines) is 1. The van der Waals surface area contributed by atoms with Crippen molar-refractivity contribution in [3.05, 3.63) is 29.8 Å². The van der Waals surface area contributed by atoms with Crippen LogP contribution in [0.15, 0.2) is 29.3 Å². The van der Waals surface area contributed by atoms with E-state index >= 15 is 0 Å². The van der Waals surface area contributed by atoms with Gasteiger partial charge in [-0.3, -0.25) is 4.99 Å². The number of nitrogens with zero attached hydrogens (tertiary/aromatic N) is 2. The highest BCUT2D eigenvalue weighted by molar-refractivity contribution is 14.0. The summed E-state index contributed by atoms with van der Waals surface area (Å²) in [6.45, 7) is 9.92. The van der Waals surface area contributed by atoms with Gasteiger partial charge in [0, 0.05) is 19.6 Å². The minimum Gasteiger partial charge on any atom is -0.497 e. The summed E-state index contributed by atoms with van der Waals surface area (Å²) in [5.41, 5.74) is 0.832. The number of benzene rings is 1. The Balaban J connectivity index is 0.00000338. The van der Waals surface area contributed by atoms with Crippen LogP contribution in [0, 0.1) is 11.8 Å². The van der Waals surface area contributed by atoms with Gasteiger partial charge in [-0.05, 0) is 49.3 Å². The fourth-order valence-corrected chi connectivity index (χ4v) is 3.44. The Labute approximate surface area is 175 Å². The van der Waals surface area contributed by atoms with E-state index in [9.17, 15) is 5.11 Å². The Kier molecular flexibility index (Phi) is 10.3. The molecule has 26 heavy (non-hydrogen) atoms. The summed E-state index contributed by atoms with van der Waals surface area (Å²) in [6, 6.07) is 7.54. The fourth-order valence-electron chi connectivity index (χ4n) is 3.44. The molecule has 1 aromatic carbocycles. The molecule has 6 heteroatoms. The van der Waals surface area contributed by atoms with E-state index in [1.807, 2.05) is 24.3 Å². The minimum atomic E-state index is -0.627. The van der Waals surface area contributed by atoms with E-state index in [0.29, 0.717) is 6.54 Å². The largest absolute Gasteiger partial charge is 0.497 e. The molecule has 2 atom stereocenters. The second kappa shape index (κ2) is 11.6. The number of hydrogen-bond donors (Lipinski definition) is 2. The maximum atomic E-state index is 10.5. The van der Waals surface area contributed by atoms with Gasteiger partial charge in [0.1, 0.15) is 5.75 Å². The SMILES string of the molecule is CCNC(=NCC(O)c1cccc(OC)c1)N1CCC(CC(C)C)C1.I. The number of methoxy groups -OCH3 is 1. The summed E-state index contributed by atoms with van der Waals surface area (Å²) in [5, 5.41) is 13.8. The molecule has 0 saturated carbocycles. The molecule has 0 spiro atoms. The van der Waals surface area contributed by atoms with Crippen LogP contribution in [-0.2, 0) is 0 Å². The molecule has 0 amide bonds. The van der Waals surface area contributed by atoms with Gasteiger partial charge in [-0.25, -0.2) is 0 Å². The van der Waals surface area contributed by atoms with Crippen LogP contribution in [0.25, 0.3) is 0 Å². The predicted octanol–water partition coefficient (Wildman–Crippen LogP) is 3.68. The van der Waals surface area contributed by atoms with E-state index in [1.165, 1.54) is 12.8 Å². The molecule has 0 radical (unpaired) electrons. The normalized spacial score (nSPS) is 18.6. The molecular weight excluding hydrogens is 441 g/mol. The van der Waals surface area contributed by atoms with Gasteiger partial charge < -0.3 is 20.1 Å². The molecule has 0 aliphatic carbocycles. The molecule has 1 fully saturated rings. The Bertz CT molecular complexity index is 566. The third-order valence-corrected chi connectivity index (χ3v) is 4.62. The number of halogens is 1. The molecule has 2 N–H and O–H groups in total. The van der Waals surface area contributed by atoms with Crippen LogP contribution in [0.3, 0.4) is 0 Å². The Hall–Kier alpha value is -1.02. The lowest BCUT2D eigenvalue weighted by Gasteiger charge is -2.22. The molecule has 2 rings (SSSR count). The first-order valence-corrected chi connectivity index (χ1v) is 9.38. The Morgan fingerprint density at radius 2 is 2.19 bits per heavy atom. The number of ether oxygens (including phenoxy) is 1. The highest BCUT2D eigenvalue weighted by atomic mass is 127. The van der Waals surface area contributed by atoms with Crippen molar-refractivity contribution in [1.29, 1.82) is 0 Å². The number of nitrogens with one attached hydrogen (secondary N) is 1. The topological polar surface area (TPSA) is 57.1 Å². The van der Waals surface area contributed by atoms with Crippen LogP contribution >= 0.6 is 24.0 Å². The van der Waals surface area contributed by atoms with Gasteiger partial charge in [-0.1, -0.05) is 26.0 Å². The van der Waals surface area contributed by atoms with Crippen molar-refractivity contribution in [3.63, 3.8) is 0 Å². The zero-order valence-electron chi connectivity index (χ0n) is 16.4. The monoisotopic (exact) mass is 475 g/mol. The molecule has 1 aromatic rings. The summed E-state index contributed by atoms with van der Waals surface area (Å²) >= 11 is 0. The van der Waals surface area contributed by atoms with Gasteiger partial charge in [-0.15, -0.1) is 24.0 Å². The maximum Gasteiger partial charge on any atom is 0.194 e. The first-order chi connectivity index (χ1) is 12.0. The van der Waals surface area contributed by atoms with Crippen LogP contribution in [-0.4, -0.2) is 49.3 Å². The molecule has 1 heterocycles. The lowest BCUT2D eigenvalue weighted by atomic mass is 9.97. The first-order valence-electron chi connectivity index (χ1n) is 9.38. The van der Waals surface area contributed by atoms with Crippen LogP contribution in [0.1, 0.15) is 45.3 Å². The van der Waals surface area contributed by atoms with Crippen molar-refractivity contribution >= 4 is 29.9 Å². The van der Waals surface area contributed by atoms with E-state index < -0.39 is 6.10 Å². The van der Waals surface area contributed by atoms with Gasteiger partial charge in [0.15, 0.2) is 5.96 Å². The average molecular weight is 475 g/mol. The second-order valence-electron chi connectivity index (χ2n) is 7.22. The number of aliphatic hydroxyl groups is 1.